The van der Waals surface area contributed by atoms with Crippen LogP contribution in [0.3, 0.4) is 0 Å². The fourth-order valence-electron chi connectivity index (χ4n) is 3.83. The minimum Gasteiger partial charge on any atom is -0.393 e. The first-order valence-corrected chi connectivity index (χ1v) is 13.6. The summed E-state index contributed by atoms with van der Waals surface area (Å²) in [6, 6.07) is 0. The first-order valence-electron chi connectivity index (χ1n) is 12.1. The van der Waals surface area contributed by atoms with Gasteiger partial charge in [0.1, 0.15) is 0 Å². The first kappa shape index (κ1) is 27.9. The van der Waals surface area contributed by atoms with Gasteiger partial charge in [-0.1, -0.05) is 117 Å². The maximum atomic E-state index is 11.6. The maximum Gasteiger partial charge on any atom is 0.267 e. The Morgan fingerprint density at radius 1 is 0.607 bits per heavy atom. The second-order valence-corrected chi connectivity index (χ2v) is 10.3. The molecule has 2 atom stereocenters. The van der Waals surface area contributed by atoms with Crippen molar-refractivity contribution in [2.45, 2.75) is 147 Å². The summed E-state index contributed by atoms with van der Waals surface area (Å²) in [6.07, 6.45) is 19.8. The Morgan fingerprint density at radius 2 is 0.964 bits per heavy atom. The topological polar surface area (TPSA) is 74.6 Å². The Hall–Kier alpha value is -0.130. The highest BCUT2D eigenvalue weighted by atomic mass is 32.2. The van der Waals surface area contributed by atoms with Crippen LogP contribution in [0.5, 0.6) is 0 Å². The normalized spacial score (nSPS) is 14.3. The lowest BCUT2D eigenvalue weighted by atomic mass is 10.0. The van der Waals surface area contributed by atoms with Crippen molar-refractivity contribution < 1.29 is 18.1 Å². The quantitative estimate of drug-likeness (QED) is 0.154. The highest BCUT2D eigenvalue weighted by molar-refractivity contribution is 7.86. The Bertz CT molecular complexity index is 422. The molecule has 0 heterocycles. The SMILES string of the molecule is CCCCCCCCCCCCCCC(CC(O)CCCCCC)S(=O)(=O)O. The number of rotatable bonds is 21. The molecule has 28 heavy (non-hydrogen) atoms. The molecule has 0 amide bonds. The van der Waals surface area contributed by atoms with Crippen LogP contribution in [0.4, 0.5) is 0 Å². The molecule has 2 N–H and O–H groups in total. The van der Waals surface area contributed by atoms with E-state index >= 15 is 0 Å². The van der Waals surface area contributed by atoms with Gasteiger partial charge in [-0.05, 0) is 19.3 Å². The molecule has 0 spiro atoms. The number of hydrogen-bond acceptors (Lipinski definition) is 3. The third-order valence-electron chi connectivity index (χ3n) is 5.73. The van der Waals surface area contributed by atoms with Gasteiger partial charge in [0.25, 0.3) is 10.1 Å². The zero-order valence-corrected chi connectivity index (χ0v) is 19.5. The number of aliphatic hydroxyl groups excluding tert-OH is 1. The molecular weight excluding hydrogens is 372 g/mol. The number of hydrogen-bond donors (Lipinski definition) is 2. The minimum atomic E-state index is -4.07. The number of aliphatic hydroxyl groups is 1. The van der Waals surface area contributed by atoms with E-state index in [1.807, 2.05) is 0 Å². The van der Waals surface area contributed by atoms with E-state index in [4.69, 9.17) is 0 Å². The van der Waals surface area contributed by atoms with Crippen LogP contribution in [0, 0.1) is 0 Å². The molecule has 0 aromatic rings. The predicted molar refractivity (Wildman–Crippen MR) is 120 cm³/mol. The van der Waals surface area contributed by atoms with Crippen molar-refractivity contribution >= 4 is 10.1 Å². The largest absolute Gasteiger partial charge is 0.393 e. The predicted octanol–water partition coefficient (Wildman–Crippen LogP) is 7.06. The van der Waals surface area contributed by atoms with Gasteiger partial charge in [-0.25, -0.2) is 0 Å². The smallest absolute Gasteiger partial charge is 0.267 e. The fourth-order valence-corrected chi connectivity index (χ4v) is 4.76. The van der Waals surface area contributed by atoms with Crippen LogP contribution in [0.2, 0.25) is 0 Å². The van der Waals surface area contributed by atoms with Crippen molar-refractivity contribution in [1.82, 2.24) is 0 Å². The van der Waals surface area contributed by atoms with Gasteiger partial charge in [0, 0.05) is 0 Å². The summed E-state index contributed by atoms with van der Waals surface area (Å²) in [7, 11) is -4.07. The molecule has 0 saturated carbocycles. The van der Waals surface area contributed by atoms with Crippen molar-refractivity contribution in [3.63, 3.8) is 0 Å². The average Bonchev–Trinajstić information content (AvgIpc) is 2.64. The van der Waals surface area contributed by atoms with E-state index < -0.39 is 21.5 Å². The van der Waals surface area contributed by atoms with E-state index in [-0.39, 0.29) is 6.42 Å². The van der Waals surface area contributed by atoms with Gasteiger partial charge >= 0.3 is 0 Å². The zero-order chi connectivity index (χ0) is 21.1. The van der Waals surface area contributed by atoms with Crippen LogP contribution < -0.4 is 0 Å². The van der Waals surface area contributed by atoms with Gasteiger partial charge in [0.05, 0.1) is 11.4 Å². The monoisotopic (exact) mass is 420 g/mol. The standard InChI is InChI=1S/C23H48O4S/c1-3-5-7-9-10-11-12-13-14-15-16-18-20-23(28(25,26)27)21-22(24)19-17-8-6-4-2/h22-24H,3-21H2,1-2H3,(H,25,26,27). The van der Waals surface area contributed by atoms with Gasteiger partial charge in [-0.2, -0.15) is 8.42 Å². The van der Waals surface area contributed by atoms with Crippen molar-refractivity contribution in [2.24, 2.45) is 0 Å². The Kier molecular flexibility index (Phi) is 18.8. The van der Waals surface area contributed by atoms with Crippen molar-refractivity contribution in [2.75, 3.05) is 0 Å². The van der Waals surface area contributed by atoms with Crippen molar-refractivity contribution in [3.05, 3.63) is 0 Å². The van der Waals surface area contributed by atoms with E-state index in [9.17, 15) is 18.1 Å². The minimum absolute atomic E-state index is 0.170. The maximum absolute atomic E-state index is 11.6. The van der Waals surface area contributed by atoms with Gasteiger partial charge in [-0.15, -0.1) is 0 Å². The Morgan fingerprint density at radius 3 is 1.39 bits per heavy atom. The molecule has 170 valence electrons. The van der Waals surface area contributed by atoms with E-state index in [1.54, 1.807) is 0 Å². The molecule has 0 aliphatic rings. The molecular formula is C23H48O4S. The van der Waals surface area contributed by atoms with Gasteiger partial charge in [0.2, 0.25) is 0 Å². The summed E-state index contributed by atoms with van der Waals surface area (Å²) in [5.41, 5.74) is 0. The molecule has 0 bridgehead atoms. The first-order chi connectivity index (χ1) is 13.4. The molecule has 0 aliphatic carbocycles. The van der Waals surface area contributed by atoms with Gasteiger partial charge in [-0.3, -0.25) is 4.55 Å². The van der Waals surface area contributed by atoms with Crippen LogP contribution in [-0.4, -0.2) is 29.4 Å². The fraction of sp³-hybridized carbons (Fsp3) is 1.00. The van der Waals surface area contributed by atoms with E-state index in [0.717, 1.165) is 44.9 Å². The molecule has 5 heteroatoms. The third kappa shape index (κ3) is 17.9. The molecule has 0 rings (SSSR count). The zero-order valence-electron chi connectivity index (χ0n) is 18.7. The molecule has 0 radical (unpaired) electrons. The molecule has 0 fully saturated rings. The highest BCUT2D eigenvalue weighted by Crippen LogP contribution is 2.20. The molecule has 0 aromatic heterocycles. The van der Waals surface area contributed by atoms with E-state index in [1.165, 1.54) is 57.8 Å². The molecule has 0 saturated heterocycles. The van der Waals surface area contributed by atoms with Crippen molar-refractivity contribution in [3.8, 4) is 0 Å². The van der Waals surface area contributed by atoms with Gasteiger partial charge in [0.15, 0.2) is 0 Å². The van der Waals surface area contributed by atoms with Crippen LogP contribution in [0.25, 0.3) is 0 Å². The average molecular weight is 421 g/mol. The van der Waals surface area contributed by atoms with Crippen LogP contribution in [0.1, 0.15) is 136 Å². The van der Waals surface area contributed by atoms with Crippen LogP contribution in [-0.2, 0) is 10.1 Å². The summed E-state index contributed by atoms with van der Waals surface area (Å²) in [5.74, 6) is 0. The summed E-state index contributed by atoms with van der Waals surface area (Å²) in [5, 5.41) is 9.29. The lowest BCUT2D eigenvalue weighted by Crippen LogP contribution is -2.26. The molecule has 0 aliphatic heterocycles. The summed E-state index contributed by atoms with van der Waals surface area (Å²) in [4.78, 5) is 0. The molecule has 2 unspecified atom stereocenters. The third-order valence-corrected chi connectivity index (χ3v) is 7.00. The summed E-state index contributed by atoms with van der Waals surface area (Å²) >= 11 is 0. The lowest BCUT2D eigenvalue weighted by Gasteiger charge is -2.18. The summed E-state index contributed by atoms with van der Waals surface area (Å²) in [6.45, 7) is 4.38. The van der Waals surface area contributed by atoms with E-state index in [0.29, 0.717) is 12.8 Å². The van der Waals surface area contributed by atoms with Crippen LogP contribution in [0.15, 0.2) is 0 Å². The molecule has 0 aromatic carbocycles. The second-order valence-electron chi connectivity index (χ2n) is 8.55. The van der Waals surface area contributed by atoms with Gasteiger partial charge < -0.3 is 5.11 Å². The molecule has 4 nitrogen and oxygen atoms in total. The highest BCUT2D eigenvalue weighted by Gasteiger charge is 2.25. The number of unbranched alkanes of at least 4 members (excludes halogenated alkanes) is 14. The Balaban J connectivity index is 3.76. The Labute approximate surface area is 175 Å². The van der Waals surface area contributed by atoms with E-state index in [2.05, 4.69) is 13.8 Å². The summed E-state index contributed by atoms with van der Waals surface area (Å²) < 4.78 is 32.7. The van der Waals surface area contributed by atoms with Crippen molar-refractivity contribution in [1.29, 1.82) is 0 Å². The lowest BCUT2D eigenvalue weighted by molar-refractivity contribution is 0.147. The van der Waals surface area contributed by atoms with Crippen LogP contribution >= 0.6 is 0 Å². The second kappa shape index (κ2) is 18.9.